The SMILES string of the molecule is CCOC(=O)Cc1nnc(-c2cnc(NC3Cc4ccc(C#C[Si](C)(C)C)cc4C3)nc2)o1. The van der Waals surface area contributed by atoms with Crippen LogP contribution < -0.4 is 5.32 Å². The Morgan fingerprint density at radius 2 is 1.94 bits per heavy atom. The molecular weight excluding hydrogens is 434 g/mol. The van der Waals surface area contributed by atoms with Gasteiger partial charge in [-0.3, -0.25) is 4.79 Å². The third-order valence-corrected chi connectivity index (χ3v) is 5.90. The third-order valence-electron chi connectivity index (χ3n) is 5.02. The molecule has 1 aliphatic carbocycles. The van der Waals surface area contributed by atoms with Crippen molar-refractivity contribution in [2.45, 2.75) is 51.9 Å². The Kier molecular flexibility index (Phi) is 6.56. The van der Waals surface area contributed by atoms with E-state index in [2.05, 4.69) is 74.8 Å². The number of esters is 1. The Morgan fingerprint density at radius 1 is 1.18 bits per heavy atom. The van der Waals surface area contributed by atoms with E-state index in [1.165, 1.54) is 11.1 Å². The van der Waals surface area contributed by atoms with E-state index in [0.29, 0.717) is 18.1 Å². The molecule has 0 spiro atoms. The number of nitrogens with one attached hydrogen (secondary N) is 1. The number of hydrogen-bond acceptors (Lipinski definition) is 8. The Balaban J connectivity index is 1.37. The molecule has 1 atom stereocenters. The van der Waals surface area contributed by atoms with Crippen molar-refractivity contribution in [3.63, 3.8) is 0 Å². The fraction of sp³-hybridized carbons (Fsp3) is 0.375. The molecule has 2 aromatic heterocycles. The molecule has 1 aliphatic rings. The number of aromatic nitrogens is 4. The smallest absolute Gasteiger partial charge is 0.315 e. The van der Waals surface area contributed by atoms with E-state index < -0.39 is 14.0 Å². The molecule has 0 aliphatic heterocycles. The zero-order valence-corrected chi connectivity index (χ0v) is 20.3. The van der Waals surface area contributed by atoms with Crippen molar-refractivity contribution in [3.8, 4) is 22.9 Å². The van der Waals surface area contributed by atoms with E-state index in [0.717, 1.165) is 18.4 Å². The summed E-state index contributed by atoms with van der Waals surface area (Å²) in [5, 5.41) is 11.3. The summed E-state index contributed by atoms with van der Waals surface area (Å²) in [4.78, 5) is 20.3. The molecule has 4 rings (SSSR count). The Morgan fingerprint density at radius 3 is 2.67 bits per heavy atom. The van der Waals surface area contributed by atoms with Crippen molar-refractivity contribution in [1.82, 2.24) is 20.2 Å². The maximum Gasteiger partial charge on any atom is 0.315 e. The van der Waals surface area contributed by atoms with Crippen LogP contribution in [0, 0.1) is 11.5 Å². The van der Waals surface area contributed by atoms with E-state index in [1.807, 2.05) is 0 Å². The first-order valence-corrected chi connectivity index (χ1v) is 14.5. The fourth-order valence-electron chi connectivity index (χ4n) is 3.53. The van der Waals surface area contributed by atoms with Crippen LogP contribution in [0.25, 0.3) is 11.5 Å². The summed E-state index contributed by atoms with van der Waals surface area (Å²) in [5.41, 5.74) is 7.76. The van der Waals surface area contributed by atoms with Crippen LogP contribution in [-0.4, -0.2) is 46.9 Å². The van der Waals surface area contributed by atoms with E-state index in [4.69, 9.17) is 9.15 Å². The van der Waals surface area contributed by atoms with Crippen molar-refractivity contribution in [3.05, 3.63) is 53.2 Å². The molecule has 33 heavy (non-hydrogen) atoms. The molecule has 170 valence electrons. The predicted octanol–water partition coefficient (Wildman–Crippen LogP) is 3.44. The summed E-state index contributed by atoms with van der Waals surface area (Å²) in [6, 6.07) is 6.72. The maximum absolute atomic E-state index is 11.6. The Bertz CT molecular complexity index is 1210. The summed E-state index contributed by atoms with van der Waals surface area (Å²) >= 11 is 0. The van der Waals surface area contributed by atoms with Gasteiger partial charge in [-0.15, -0.1) is 15.7 Å². The quantitative estimate of drug-likeness (QED) is 0.338. The standard InChI is InChI=1S/C24H27N5O3Si/c1-5-31-22(30)13-21-28-29-23(32-21)19-14-25-24(26-15-19)27-20-11-17-7-6-16(10-18(17)12-20)8-9-33(2,3)4/h6-7,10,14-15,20H,5,11-13H2,1-4H3,(H,25,26,27). The summed E-state index contributed by atoms with van der Waals surface area (Å²) in [7, 11) is -1.39. The molecule has 0 amide bonds. The molecule has 1 N–H and O–H groups in total. The largest absolute Gasteiger partial charge is 0.466 e. The monoisotopic (exact) mass is 461 g/mol. The van der Waals surface area contributed by atoms with Gasteiger partial charge in [0.2, 0.25) is 11.8 Å². The summed E-state index contributed by atoms with van der Waals surface area (Å²) in [6.07, 6.45) is 5.02. The summed E-state index contributed by atoms with van der Waals surface area (Å²) in [5.74, 6) is 3.94. The second-order valence-electron chi connectivity index (χ2n) is 9.01. The van der Waals surface area contributed by atoms with Crippen molar-refractivity contribution in [2.24, 2.45) is 0 Å². The molecule has 0 saturated carbocycles. The van der Waals surface area contributed by atoms with E-state index in [1.54, 1.807) is 19.3 Å². The first-order valence-electron chi connectivity index (χ1n) is 11.0. The Hall–Kier alpha value is -3.51. The van der Waals surface area contributed by atoms with Crippen molar-refractivity contribution < 1.29 is 13.9 Å². The average molecular weight is 462 g/mol. The van der Waals surface area contributed by atoms with Gasteiger partial charge in [0.15, 0.2) is 0 Å². The Labute approximate surface area is 194 Å². The first kappa shape index (κ1) is 22.7. The number of rotatable bonds is 6. The van der Waals surface area contributed by atoms with Gasteiger partial charge in [0.05, 0.1) is 12.2 Å². The molecule has 2 heterocycles. The minimum Gasteiger partial charge on any atom is -0.466 e. The van der Waals surface area contributed by atoms with Gasteiger partial charge < -0.3 is 14.5 Å². The lowest BCUT2D eigenvalue weighted by atomic mass is 10.1. The predicted molar refractivity (Wildman–Crippen MR) is 127 cm³/mol. The number of carbonyl (C=O) groups excluding carboxylic acids is 1. The van der Waals surface area contributed by atoms with Gasteiger partial charge in [0.25, 0.3) is 5.89 Å². The highest BCUT2D eigenvalue weighted by Crippen LogP contribution is 2.25. The molecular formula is C24H27N5O3Si. The molecule has 0 bridgehead atoms. The zero-order chi connectivity index (χ0) is 23.4. The van der Waals surface area contributed by atoms with Crippen LogP contribution in [0.3, 0.4) is 0 Å². The van der Waals surface area contributed by atoms with Gasteiger partial charge in [-0.2, -0.15) is 0 Å². The van der Waals surface area contributed by atoms with Crippen LogP contribution in [0.1, 0.15) is 29.5 Å². The van der Waals surface area contributed by atoms with Crippen LogP contribution in [0.2, 0.25) is 19.6 Å². The van der Waals surface area contributed by atoms with Gasteiger partial charge in [-0.25, -0.2) is 9.97 Å². The highest BCUT2D eigenvalue weighted by Gasteiger charge is 2.22. The minimum absolute atomic E-state index is 0.0605. The molecule has 8 nitrogen and oxygen atoms in total. The van der Waals surface area contributed by atoms with Gasteiger partial charge >= 0.3 is 5.97 Å². The van der Waals surface area contributed by atoms with E-state index >= 15 is 0 Å². The topological polar surface area (TPSA) is 103 Å². The molecule has 1 aromatic carbocycles. The van der Waals surface area contributed by atoms with Crippen molar-refractivity contribution in [2.75, 3.05) is 11.9 Å². The summed E-state index contributed by atoms with van der Waals surface area (Å²) in [6.45, 7) is 8.80. The normalized spacial score (nSPS) is 14.8. The van der Waals surface area contributed by atoms with Gasteiger partial charge in [-0.1, -0.05) is 31.6 Å². The van der Waals surface area contributed by atoms with Crippen molar-refractivity contribution in [1.29, 1.82) is 0 Å². The zero-order valence-electron chi connectivity index (χ0n) is 19.3. The number of nitrogens with zero attached hydrogens (tertiary/aromatic N) is 4. The van der Waals surface area contributed by atoms with Crippen LogP contribution in [0.4, 0.5) is 5.95 Å². The van der Waals surface area contributed by atoms with Crippen LogP contribution in [-0.2, 0) is 28.8 Å². The van der Waals surface area contributed by atoms with E-state index in [-0.39, 0.29) is 24.2 Å². The summed E-state index contributed by atoms with van der Waals surface area (Å²) < 4.78 is 10.4. The number of carbonyl (C=O) groups is 1. The van der Waals surface area contributed by atoms with Crippen LogP contribution >= 0.6 is 0 Å². The highest BCUT2D eigenvalue weighted by atomic mass is 28.3. The minimum atomic E-state index is -1.39. The van der Waals surface area contributed by atoms with Gasteiger partial charge in [-0.05, 0) is 43.0 Å². The lowest BCUT2D eigenvalue weighted by Gasteiger charge is -2.11. The molecule has 1 unspecified atom stereocenters. The maximum atomic E-state index is 11.6. The van der Waals surface area contributed by atoms with Gasteiger partial charge in [0, 0.05) is 24.0 Å². The van der Waals surface area contributed by atoms with Crippen molar-refractivity contribution >= 4 is 20.0 Å². The second kappa shape index (κ2) is 9.54. The number of hydrogen-bond donors (Lipinski definition) is 1. The highest BCUT2D eigenvalue weighted by molar-refractivity contribution is 6.83. The lowest BCUT2D eigenvalue weighted by molar-refractivity contribution is -0.142. The average Bonchev–Trinajstić information content (AvgIpc) is 3.38. The fourth-order valence-corrected chi connectivity index (χ4v) is 4.05. The van der Waals surface area contributed by atoms with E-state index in [9.17, 15) is 4.79 Å². The first-order chi connectivity index (χ1) is 15.8. The van der Waals surface area contributed by atoms with Gasteiger partial charge in [0.1, 0.15) is 14.5 Å². The number of anilines is 1. The number of benzene rings is 1. The number of fused-ring (bicyclic) bond motifs is 1. The second-order valence-corrected chi connectivity index (χ2v) is 13.8. The lowest BCUT2D eigenvalue weighted by Crippen LogP contribution is -2.20. The third kappa shape index (κ3) is 6.05. The molecule has 0 saturated heterocycles. The molecule has 9 heteroatoms. The van der Waals surface area contributed by atoms with Crippen LogP contribution in [0.5, 0.6) is 0 Å². The number of ether oxygens (including phenoxy) is 1. The molecule has 0 fully saturated rings. The van der Waals surface area contributed by atoms with Crippen LogP contribution in [0.15, 0.2) is 35.0 Å². The molecule has 3 aromatic rings. The molecule has 0 radical (unpaired) electrons.